The van der Waals surface area contributed by atoms with Crippen molar-refractivity contribution in [1.82, 2.24) is 19.2 Å². The van der Waals surface area contributed by atoms with Gasteiger partial charge in [-0.2, -0.15) is 0 Å². The Labute approximate surface area is 236 Å². The summed E-state index contributed by atoms with van der Waals surface area (Å²) in [7, 11) is -1.11. The number of carbonyl (C=O) groups excluding carboxylic acids is 1. The molecule has 40 heavy (non-hydrogen) atoms. The van der Waals surface area contributed by atoms with Crippen LogP contribution < -0.4 is 19.3 Å². The molecule has 3 aromatic rings. The maximum Gasteiger partial charge on any atom is 0.280 e. The minimum absolute atomic E-state index is 0.0171. The number of anilines is 1. The zero-order chi connectivity index (χ0) is 28.9. The van der Waals surface area contributed by atoms with Gasteiger partial charge < -0.3 is 18.9 Å². The van der Waals surface area contributed by atoms with Gasteiger partial charge in [-0.25, -0.2) is 17.5 Å². The van der Waals surface area contributed by atoms with Crippen molar-refractivity contribution in [3.05, 3.63) is 44.6 Å². The number of hydrogen-bond donors (Lipinski definition) is 0. The average molecular weight is 596 g/mol. The molecule has 0 saturated heterocycles. The Morgan fingerprint density at radius 2 is 1.98 bits per heavy atom. The second-order valence-corrected chi connectivity index (χ2v) is 12.5. The number of methoxy groups -OCH3 is 1. The van der Waals surface area contributed by atoms with Crippen LogP contribution in [0.4, 0.5) is 10.2 Å². The van der Waals surface area contributed by atoms with Gasteiger partial charge in [-0.1, -0.05) is 11.6 Å². The van der Waals surface area contributed by atoms with Crippen molar-refractivity contribution in [1.29, 1.82) is 0 Å². The third-order valence-electron chi connectivity index (χ3n) is 7.48. The molecule has 0 fully saturated rings. The maximum atomic E-state index is 14.4. The lowest BCUT2D eigenvalue weighted by atomic mass is 10.2. The molecule has 11 nitrogen and oxygen atoms in total. The van der Waals surface area contributed by atoms with Crippen molar-refractivity contribution in [3.63, 3.8) is 0 Å². The number of aromatic nitrogens is 3. The van der Waals surface area contributed by atoms with Crippen LogP contribution in [0.25, 0.3) is 10.9 Å². The first kappa shape index (κ1) is 28.2. The summed E-state index contributed by atoms with van der Waals surface area (Å²) in [6.07, 6.45) is 1.47. The quantitative estimate of drug-likeness (QED) is 0.446. The number of sulfonamides is 1. The molecule has 1 unspecified atom stereocenters. The molecule has 14 heteroatoms. The fourth-order valence-electron chi connectivity index (χ4n) is 5.39. The van der Waals surface area contributed by atoms with Crippen molar-refractivity contribution < 1.29 is 27.1 Å². The second kappa shape index (κ2) is 10.6. The number of benzene rings is 1. The number of amides is 1. The molecule has 4 heterocycles. The Kier molecular flexibility index (Phi) is 7.47. The van der Waals surface area contributed by atoms with Crippen molar-refractivity contribution >= 4 is 44.3 Å². The Balaban J connectivity index is 1.87. The van der Waals surface area contributed by atoms with Gasteiger partial charge in [0, 0.05) is 37.8 Å². The van der Waals surface area contributed by atoms with Crippen LogP contribution in [0.15, 0.2) is 16.9 Å². The summed E-state index contributed by atoms with van der Waals surface area (Å²) in [5, 5.41) is 4.40. The lowest BCUT2D eigenvalue weighted by molar-refractivity contribution is 0.0685. The summed E-state index contributed by atoms with van der Waals surface area (Å²) in [5.74, 6) is -0.915. The highest BCUT2D eigenvalue weighted by Gasteiger charge is 2.39. The molecule has 2 aromatic heterocycles. The topological polar surface area (TPSA) is 116 Å². The second-order valence-electron chi connectivity index (χ2n) is 10.0. The highest BCUT2D eigenvalue weighted by Crippen LogP contribution is 2.41. The molecular formula is C26H31ClFN5O6S. The minimum atomic E-state index is -3.86. The highest BCUT2D eigenvalue weighted by atomic mass is 35.5. The smallest absolute Gasteiger partial charge is 0.280 e. The number of ether oxygens (including phenoxy) is 2. The summed E-state index contributed by atoms with van der Waals surface area (Å²) in [5.41, 5.74) is 0.147. The molecule has 1 atom stereocenters. The zero-order valence-corrected chi connectivity index (χ0v) is 24.3. The fourth-order valence-corrected chi connectivity index (χ4v) is 6.81. The average Bonchev–Trinajstić information content (AvgIpc) is 3.27. The first-order chi connectivity index (χ1) is 19.0. The predicted molar refractivity (Wildman–Crippen MR) is 149 cm³/mol. The molecule has 1 amide bonds. The van der Waals surface area contributed by atoms with Gasteiger partial charge in [-0.3, -0.25) is 13.9 Å². The summed E-state index contributed by atoms with van der Waals surface area (Å²) >= 11 is 6.08. The molecular weight excluding hydrogens is 565 g/mol. The van der Waals surface area contributed by atoms with E-state index in [1.807, 2.05) is 13.8 Å². The number of rotatable bonds is 2. The molecule has 2 aliphatic heterocycles. The lowest BCUT2D eigenvalue weighted by Crippen LogP contribution is -2.42. The van der Waals surface area contributed by atoms with E-state index in [0.717, 1.165) is 8.99 Å². The molecule has 216 valence electrons. The van der Waals surface area contributed by atoms with E-state index in [4.69, 9.17) is 21.1 Å². The number of halogens is 2. The van der Waals surface area contributed by atoms with E-state index in [1.165, 1.54) is 26.3 Å². The summed E-state index contributed by atoms with van der Waals surface area (Å²) in [6.45, 7) is 4.59. The van der Waals surface area contributed by atoms with E-state index in [-0.39, 0.29) is 69.8 Å². The molecule has 2 aliphatic rings. The van der Waals surface area contributed by atoms with Gasteiger partial charge in [0.2, 0.25) is 10.0 Å². The van der Waals surface area contributed by atoms with Crippen LogP contribution in [-0.2, 0) is 16.6 Å². The largest absolute Gasteiger partial charge is 0.493 e. The number of carbonyl (C=O) groups is 1. The Morgan fingerprint density at radius 3 is 2.67 bits per heavy atom. The van der Waals surface area contributed by atoms with Crippen molar-refractivity contribution in [2.45, 2.75) is 45.7 Å². The van der Waals surface area contributed by atoms with Gasteiger partial charge in [0.1, 0.15) is 22.5 Å². The van der Waals surface area contributed by atoms with Gasteiger partial charge in [-0.05, 0) is 39.2 Å². The van der Waals surface area contributed by atoms with Crippen LogP contribution in [-0.4, -0.2) is 73.2 Å². The minimum Gasteiger partial charge on any atom is -0.493 e. The molecule has 0 spiro atoms. The summed E-state index contributed by atoms with van der Waals surface area (Å²) in [4.78, 5) is 29.2. The van der Waals surface area contributed by atoms with E-state index >= 15 is 0 Å². The van der Waals surface area contributed by atoms with E-state index in [9.17, 15) is 22.4 Å². The van der Waals surface area contributed by atoms with Crippen molar-refractivity contribution in [2.24, 2.45) is 0 Å². The number of hydrogen-bond acceptors (Lipinski definition) is 7. The molecule has 0 aliphatic carbocycles. The van der Waals surface area contributed by atoms with E-state index in [2.05, 4.69) is 5.10 Å². The van der Waals surface area contributed by atoms with Crippen molar-refractivity contribution in [2.75, 3.05) is 43.9 Å². The van der Waals surface area contributed by atoms with Crippen LogP contribution in [0.1, 0.15) is 55.2 Å². The van der Waals surface area contributed by atoms with E-state index < -0.39 is 21.4 Å². The third kappa shape index (κ3) is 4.58. The monoisotopic (exact) mass is 595 g/mol. The first-order valence-electron chi connectivity index (χ1n) is 13.1. The fraction of sp³-hybridized carbons (Fsp3) is 0.500. The van der Waals surface area contributed by atoms with Crippen LogP contribution in [0.2, 0.25) is 5.02 Å². The lowest BCUT2D eigenvalue weighted by Gasteiger charge is -2.33. The molecule has 5 rings (SSSR count). The Bertz CT molecular complexity index is 1670. The predicted octanol–water partition coefficient (Wildman–Crippen LogP) is 3.41. The van der Waals surface area contributed by atoms with Crippen LogP contribution >= 0.6 is 11.6 Å². The van der Waals surface area contributed by atoms with Crippen LogP contribution in [0.3, 0.4) is 0 Å². The number of likely N-dealkylation sites (N-methyl/N-ethyl adjacent to an activating group) is 1. The van der Waals surface area contributed by atoms with Gasteiger partial charge in [0.05, 0.1) is 31.0 Å². The third-order valence-corrected chi connectivity index (χ3v) is 9.58. The standard InChI is InChI=1S/C26H31ClFN5O6S/c1-5-31-13-15(2)33-21-20(23(38-4)22(33)26(31)35)25(34)32-14-16-11-17(27)18(28)12-19(16)39-9-7-6-8-10-40(36,37)30(3)24(21)29-32/h11-12,15H,5-10,13-14H2,1-4H3. The highest BCUT2D eigenvalue weighted by molar-refractivity contribution is 7.92. The first-order valence-corrected chi connectivity index (χ1v) is 15.1. The van der Waals surface area contributed by atoms with Gasteiger partial charge in [0.15, 0.2) is 17.3 Å². The SMILES string of the molecule is CCN1CC(C)n2c(c(OC)c3c(=O)n4nc(c32)N(C)S(=O)(=O)CCCCCOc2cc(F)c(Cl)cc2C4)C1=O. The van der Waals surface area contributed by atoms with Crippen molar-refractivity contribution in [3.8, 4) is 11.5 Å². The summed E-state index contributed by atoms with van der Waals surface area (Å²) in [6, 6.07) is 2.23. The maximum absolute atomic E-state index is 14.4. The molecule has 2 bridgehead atoms. The van der Waals surface area contributed by atoms with Crippen LogP contribution in [0, 0.1) is 5.82 Å². The molecule has 0 N–H and O–H groups in total. The molecule has 0 radical (unpaired) electrons. The number of nitrogens with zero attached hydrogens (tertiary/aromatic N) is 5. The summed E-state index contributed by atoms with van der Waals surface area (Å²) < 4.78 is 56.6. The molecule has 1 aromatic carbocycles. The zero-order valence-electron chi connectivity index (χ0n) is 22.7. The number of fused-ring (bicyclic) bond motifs is 7. The Morgan fingerprint density at radius 1 is 1.23 bits per heavy atom. The Hall–Kier alpha value is -3.32. The van der Waals surface area contributed by atoms with Gasteiger partial charge >= 0.3 is 0 Å². The van der Waals surface area contributed by atoms with E-state index in [0.29, 0.717) is 37.9 Å². The van der Waals surface area contributed by atoms with Gasteiger partial charge in [0.25, 0.3) is 11.5 Å². The molecule has 0 saturated carbocycles. The van der Waals surface area contributed by atoms with Crippen LogP contribution in [0.5, 0.6) is 11.5 Å². The van der Waals surface area contributed by atoms with Gasteiger partial charge in [-0.15, -0.1) is 5.10 Å². The van der Waals surface area contributed by atoms with E-state index in [1.54, 1.807) is 9.47 Å². The normalized spacial score (nSPS) is 19.6.